The van der Waals surface area contributed by atoms with E-state index >= 15 is 0 Å². The van der Waals surface area contributed by atoms with Crippen molar-refractivity contribution in [1.82, 2.24) is 4.98 Å². The van der Waals surface area contributed by atoms with E-state index in [0.29, 0.717) is 13.2 Å². The van der Waals surface area contributed by atoms with Crippen LogP contribution < -0.4 is 4.90 Å². The molecule has 2 heterocycles. The minimum atomic E-state index is -0.380. The molecule has 5 heteroatoms. The second kappa shape index (κ2) is 7.92. The minimum Gasteiger partial charge on any atom is -0.465 e. The molecule has 1 aromatic carbocycles. The van der Waals surface area contributed by atoms with Gasteiger partial charge in [-0.15, -0.1) is 0 Å². The maximum absolute atomic E-state index is 12.2. The lowest BCUT2D eigenvalue weighted by molar-refractivity contribution is -0.148. The topological polar surface area (TPSA) is 59.5 Å². The molecule has 1 amide bonds. The van der Waals surface area contributed by atoms with E-state index in [1.165, 1.54) is 5.56 Å². The molecule has 0 bridgehead atoms. The Kier molecular flexibility index (Phi) is 5.43. The van der Waals surface area contributed by atoms with Crippen molar-refractivity contribution in [1.29, 1.82) is 0 Å². The number of anilines is 1. The van der Waals surface area contributed by atoms with Crippen molar-refractivity contribution in [2.75, 3.05) is 18.1 Å². The van der Waals surface area contributed by atoms with Crippen LogP contribution in [0.3, 0.4) is 0 Å². The summed E-state index contributed by atoms with van der Waals surface area (Å²) < 4.78 is 5.37. The lowest BCUT2D eigenvalue weighted by atomic mass is 10.1. The first-order valence-corrected chi connectivity index (χ1v) is 8.56. The monoisotopic (exact) mass is 338 g/mol. The number of esters is 1. The van der Waals surface area contributed by atoms with Crippen molar-refractivity contribution in [3.63, 3.8) is 0 Å². The molecule has 3 rings (SSSR count). The van der Waals surface area contributed by atoms with Crippen LogP contribution in [0.5, 0.6) is 0 Å². The molecule has 1 atom stereocenters. The highest BCUT2D eigenvalue weighted by molar-refractivity contribution is 5.99. The van der Waals surface area contributed by atoms with Crippen LogP contribution in [0.1, 0.15) is 24.0 Å². The third kappa shape index (κ3) is 4.44. The number of hydrogen-bond donors (Lipinski definition) is 0. The molecule has 0 radical (unpaired) electrons. The van der Waals surface area contributed by atoms with Crippen LogP contribution in [0.4, 0.5) is 5.69 Å². The summed E-state index contributed by atoms with van der Waals surface area (Å²) in [5.41, 5.74) is 3.15. The summed E-state index contributed by atoms with van der Waals surface area (Å²) in [5.74, 6) is -0.685. The summed E-state index contributed by atoms with van der Waals surface area (Å²) in [4.78, 5) is 30.1. The molecule has 5 nitrogen and oxygen atoms in total. The van der Waals surface area contributed by atoms with E-state index in [0.717, 1.165) is 24.1 Å². The van der Waals surface area contributed by atoms with Crippen LogP contribution >= 0.6 is 0 Å². The predicted molar refractivity (Wildman–Crippen MR) is 95.2 cm³/mol. The van der Waals surface area contributed by atoms with Gasteiger partial charge >= 0.3 is 5.97 Å². The Morgan fingerprint density at radius 2 is 1.92 bits per heavy atom. The van der Waals surface area contributed by atoms with Gasteiger partial charge in [-0.05, 0) is 49.6 Å². The number of aromatic nitrogens is 1. The van der Waals surface area contributed by atoms with Crippen molar-refractivity contribution in [3.05, 3.63) is 59.9 Å². The first kappa shape index (κ1) is 17.1. The van der Waals surface area contributed by atoms with Gasteiger partial charge in [-0.2, -0.15) is 0 Å². The first-order chi connectivity index (χ1) is 12.1. The van der Waals surface area contributed by atoms with Crippen LogP contribution in [0.15, 0.2) is 48.8 Å². The van der Waals surface area contributed by atoms with Gasteiger partial charge in [-0.1, -0.05) is 17.7 Å². The van der Waals surface area contributed by atoms with Gasteiger partial charge in [-0.3, -0.25) is 14.6 Å². The van der Waals surface area contributed by atoms with Gasteiger partial charge < -0.3 is 9.64 Å². The molecule has 0 aliphatic carbocycles. The van der Waals surface area contributed by atoms with Crippen molar-refractivity contribution < 1.29 is 14.3 Å². The quantitative estimate of drug-likeness (QED) is 0.600. The van der Waals surface area contributed by atoms with E-state index in [-0.39, 0.29) is 24.2 Å². The first-order valence-electron chi connectivity index (χ1n) is 8.56. The summed E-state index contributed by atoms with van der Waals surface area (Å²) in [6, 6.07) is 11.7. The molecule has 130 valence electrons. The Morgan fingerprint density at radius 1 is 1.20 bits per heavy atom. The van der Waals surface area contributed by atoms with Gasteiger partial charge in [0.15, 0.2) is 0 Å². The molecular weight excluding hydrogens is 316 g/mol. The highest BCUT2D eigenvalue weighted by Gasteiger charge is 2.36. The number of ether oxygens (including phenoxy) is 1. The number of benzene rings is 1. The number of pyridine rings is 1. The van der Waals surface area contributed by atoms with Gasteiger partial charge in [0.2, 0.25) is 5.91 Å². The molecule has 2 aromatic rings. The lowest BCUT2D eigenvalue weighted by Gasteiger charge is -2.16. The number of hydrogen-bond acceptors (Lipinski definition) is 4. The van der Waals surface area contributed by atoms with E-state index in [4.69, 9.17) is 4.74 Å². The average Bonchev–Trinajstić information content (AvgIpc) is 3.02. The van der Waals surface area contributed by atoms with Crippen LogP contribution in [0.25, 0.3) is 0 Å². The summed E-state index contributed by atoms with van der Waals surface area (Å²) in [7, 11) is 0. The SMILES string of the molecule is Cc1ccc(N2CC(C(=O)OCCCc3ccncc3)CC2=O)cc1. The number of aryl methyl sites for hydroxylation is 2. The third-order valence-electron chi connectivity index (χ3n) is 4.41. The Morgan fingerprint density at radius 3 is 2.64 bits per heavy atom. The van der Waals surface area contributed by atoms with E-state index in [9.17, 15) is 9.59 Å². The molecule has 1 aliphatic heterocycles. The fraction of sp³-hybridized carbons (Fsp3) is 0.350. The largest absolute Gasteiger partial charge is 0.465 e. The average molecular weight is 338 g/mol. The molecule has 1 aliphatic rings. The van der Waals surface area contributed by atoms with E-state index < -0.39 is 0 Å². The fourth-order valence-electron chi connectivity index (χ4n) is 2.96. The molecule has 1 fully saturated rings. The maximum atomic E-state index is 12.2. The van der Waals surface area contributed by atoms with Crippen LogP contribution in [-0.4, -0.2) is 30.0 Å². The number of carbonyl (C=O) groups excluding carboxylic acids is 2. The minimum absolute atomic E-state index is 0.0254. The van der Waals surface area contributed by atoms with E-state index in [1.807, 2.05) is 43.3 Å². The normalized spacial score (nSPS) is 16.9. The molecule has 0 saturated carbocycles. The van der Waals surface area contributed by atoms with Gasteiger partial charge in [0.25, 0.3) is 0 Å². The standard InChI is InChI=1S/C20H22N2O3/c1-15-4-6-18(7-5-15)22-14-17(13-19(22)23)20(24)25-12-2-3-16-8-10-21-11-9-16/h4-11,17H,2-3,12-14H2,1H3. The highest BCUT2D eigenvalue weighted by Crippen LogP contribution is 2.26. The molecule has 25 heavy (non-hydrogen) atoms. The van der Waals surface area contributed by atoms with Gasteiger partial charge in [0, 0.05) is 31.0 Å². The highest BCUT2D eigenvalue weighted by atomic mass is 16.5. The smallest absolute Gasteiger partial charge is 0.311 e. The molecule has 1 aromatic heterocycles. The Bertz CT molecular complexity index is 728. The lowest BCUT2D eigenvalue weighted by Crippen LogP contribution is -2.26. The Balaban J connectivity index is 1.46. The second-order valence-corrected chi connectivity index (χ2v) is 6.37. The number of nitrogens with zero attached hydrogens (tertiary/aromatic N) is 2. The molecule has 1 unspecified atom stereocenters. The van der Waals surface area contributed by atoms with Gasteiger partial charge in [0.1, 0.15) is 0 Å². The number of carbonyl (C=O) groups is 2. The fourth-order valence-corrected chi connectivity index (χ4v) is 2.96. The predicted octanol–water partition coefficient (Wildman–Crippen LogP) is 2.92. The van der Waals surface area contributed by atoms with Crippen molar-refractivity contribution in [2.45, 2.75) is 26.2 Å². The molecular formula is C20H22N2O3. The zero-order valence-electron chi connectivity index (χ0n) is 14.4. The maximum Gasteiger partial charge on any atom is 0.311 e. The summed E-state index contributed by atoms with van der Waals surface area (Å²) in [6.07, 6.45) is 5.33. The van der Waals surface area contributed by atoms with E-state index in [2.05, 4.69) is 4.98 Å². The summed E-state index contributed by atoms with van der Waals surface area (Å²) in [5, 5.41) is 0. The number of amides is 1. The van der Waals surface area contributed by atoms with Gasteiger partial charge in [0.05, 0.1) is 12.5 Å². The van der Waals surface area contributed by atoms with Crippen LogP contribution in [0, 0.1) is 12.8 Å². The van der Waals surface area contributed by atoms with Crippen LogP contribution in [-0.2, 0) is 20.7 Å². The molecule has 1 saturated heterocycles. The number of rotatable bonds is 6. The van der Waals surface area contributed by atoms with Crippen molar-refractivity contribution in [2.24, 2.45) is 5.92 Å². The summed E-state index contributed by atoms with van der Waals surface area (Å²) in [6.45, 7) is 2.77. The zero-order valence-corrected chi connectivity index (χ0v) is 14.4. The summed E-state index contributed by atoms with van der Waals surface area (Å²) >= 11 is 0. The van der Waals surface area contributed by atoms with Crippen molar-refractivity contribution in [3.8, 4) is 0 Å². The molecule has 0 N–H and O–H groups in total. The van der Waals surface area contributed by atoms with E-state index in [1.54, 1.807) is 17.3 Å². The van der Waals surface area contributed by atoms with Gasteiger partial charge in [-0.25, -0.2) is 0 Å². The van der Waals surface area contributed by atoms with Crippen molar-refractivity contribution >= 4 is 17.6 Å². The zero-order chi connectivity index (χ0) is 17.6. The molecule has 0 spiro atoms. The second-order valence-electron chi connectivity index (χ2n) is 6.37. The Hall–Kier alpha value is -2.69. The third-order valence-corrected chi connectivity index (χ3v) is 4.41. The Labute approximate surface area is 147 Å². The van der Waals surface area contributed by atoms with Crippen LogP contribution in [0.2, 0.25) is 0 Å².